The Morgan fingerprint density at radius 1 is 0.509 bits per heavy atom. The summed E-state index contributed by atoms with van der Waals surface area (Å²) in [5.74, 6) is -0.826. The van der Waals surface area contributed by atoms with Gasteiger partial charge in [0.2, 0.25) is 0 Å². The van der Waals surface area contributed by atoms with Crippen LogP contribution in [0.25, 0.3) is 0 Å². The van der Waals surface area contributed by atoms with Crippen molar-refractivity contribution in [2.45, 2.75) is 219 Å². The van der Waals surface area contributed by atoms with Crippen LogP contribution in [0.3, 0.4) is 0 Å². The summed E-state index contributed by atoms with van der Waals surface area (Å²) in [5.41, 5.74) is 0. The normalized spacial score (nSPS) is 13.5. The number of phosphoric ester groups is 1. The molecule has 0 saturated carbocycles. The molecule has 0 aliphatic rings. The minimum atomic E-state index is -4.61. The van der Waals surface area contributed by atoms with Crippen LogP contribution in [0.5, 0.6) is 0 Å². The van der Waals surface area contributed by atoms with E-state index >= 15 is 0 Å². The fourth-order valence-electron chi connectivity index (χ4n) is 6.36. The number of quaternary nitrogens is 1. The summed E-state index contributed by atoms with van der Waals surface area (Å²) < 4.78 is 33.8. The number of hydrogen-bond donors (Lipinski definition) is 0. The zero-order valence-corrected chi connectivity index (χ0v) is 36.4. The highest BCUT2D eigenvalue weighted by Crippen LogP contribution is 2.38. The van der Waals surface area contributed by atoms with Gasteiger partial charge in [-0.3, -0.25) is 14.2 Å². The van der Waals surface area contributed by atoms with Gasteiger partial charge in [0.15, 0.2) is 6.10 Å². The van der Waals surface area contributed by atoms with E-state index in [4.69, 9.17) is 18.5 Å². The summed E-state index contributed by atoms with van der Waals surface area (Å²) in [7, 11) is 1.18. The minimum absolute atomic E-state index is 0.0261. The lowest BCUT2D eigenvalue weighted by Crippen LogP contribution is -2.37. The molecule has 0 heterocycles. The molecule has 0 aliphatic carbocycles. The molecule has 0 fully saturated rings. The predicted molar refractivity (Wildman–Crippen MR) is 218 cm³/mol. The van der Waals surface area contributed by atoms with Crippen molar-refractivity contribution in [3.63, 3.8) is 0 Å². The Kier molecular flexibility index (Phi) is 36.0. The van der Waals surface area contributed by atoms with Crippen molar-refractivity contribution in [3.05, 3.63) is 0 Å². The quantitative estimate of drug-likeness (QED) is 0.0261. The van der Waals surface area contributed by atoms with Gasteiger partial charge in [-0.15, -0.1) is 0 Å². The standard InChI is InChI=1S/C43H86NO8P/c1-6-8-10-12-14-16-17-18-19-20-21-22-23-24-25-26-27-28-30-31-33-35-42(45)49-39-41(40-51-53(47,48)50-38-37-44(3,4)5)52-43(46)36-34-32-29-15-13-11-9-7-2/h41H,6-40H2,1-5H3. The van der Waals surface area contributed by atoms with Crippen LogP contribution in [0.2, 0.25) is 0 Å². The highest BCUT2D eigenvalue weighted by Gasteiger charge is 2.21. The summed E-state index contributed by atoms with van der Waals surface area (Å²) in [6, 6.07) is 0. The van der Waals surface area contributed by atoms with Crippen LogP contribution in [0.15, 0.2) is 0 Å². The average molecular weight is 776 g/mol. The van der Waals surface area contributed by atoms with Crippen LogP contribution in [0.1, 0.15) is 213 Å². The van der Waals surface area contributed by atoms with Gasteiger partial charge in [-0.05, 0) is 12.8 Å². The third kappa shape index (κ3) is 40.5. The van der Waals surface area contributed by atoms with E-state index in [0.29, 0.717) is 17.4 Å². The second-order valence-corrected chi connectivity index (χ2v) is 17.8. The molecule has 0 aromatic rings. The maximum absolute atomic E-state index is 12.6. The van der Waals surface area contributed by atoms with Crippen molar-refractivity contribution in [2.75, 3.05) is 47.5 Å². The Hall–Kier alpha value is -0.990. The zero-order valence-electron chi connectivity index (χ0n) is 35.5. The lowest BCUT2D eigenvalue weighted by molar-refractivity contribution is -0.870. The molecule has 0 spiro atoms. The maximum Gasteiger partial charge on any atom is 0.306 e. The van der Waals surface area contributed by atoms with Gasteiger partial charge in [-0.25, -0.2) is 0 Å². The van der Waals surface area contributed by atoms with Crippen molar-refractivity contribution in [3.8, 4) is 0 Å². The Morgan fingerprint density at radius 2 is 0.849 bits per heavy atom. The maximum atomic E-state index is 12.6. The minimum Gasteiger partial charge on any atom is -0.756 e. The first-order valence-corrected chi connectivity index (χ1v) is 23.7. The van der Waals surface area contributed by atoms with Gasteiger partial charge in [0, 0.05) is 12.8 Å². The van der Waals surface area contributed by atoms with Crippen molar-refractivity contribution in [1.82, 2.24) is 0 Å². The van der Waals surface area contributed by atoms with Gasteiger partial charge >= 0.3 is 11.9 Å². The zero-order chi connectivity index (χ0) is 39.3. The molecule has 10 heteroatoms. The van der Waals surface area contributed by atoms with Gasteiger partial charge < -0.3 is 27.9 Å². The highest BCUT2D eigenvalue weighted by molar-refractivity contribution is 7.45. The third-order valence-corrected chi connectivity index (χ3v) is 10.8. The molecule has 0 bridgehead atoms. The van der Waals surface area contributed by atoms with E-state index < -0.39 is 26.5 Å². The van der Waals surface area contributed by atoms with Crippen LogP contribution < -0.4 is 4.89 Å². The molecule has 2 atom stereocenters. The SMILES string of the molecule is CCCCCCCCCCCCCCCCCCCCCCCC(=O)OCC(COP(=O)([O-])OCC[N+](C)(C)C)OC(=O)CCCCCCCCCC. The number of rotatable bonds is 41. The second-order valence-electron chi connectivity index (χ2n) is 16.4. The first kappa shape index (κ1) is 52.0. The summed E-state index contributed by atoms with van der Waals surface area (Å²) >= 11 is 0. The van der Waals surface area contributed by atoms with Gasteiger partial charge in [-0.1, -0.05) is 187 Å². The van der Waals surface area contributed by atoms with E-state index in [2.05, 4.69) is 13.8 Å². The monoisotopic (exact) mass is 776 g/mol. The van der Waals surface area contributed by atoms with Crippen LogP contribution >= 0.6 is 7.82 Å². The van der Waals surface area contributed by atoms with Gasteiger partial charge in [0.1, 0.15) is 19.8 Å². The van der Waals surface area contributed by atoms with Gasteiger partial charge in [0.25, 0.3) is 7.82 Å². The average Bonchev–Trinajstić information content (AvgIpc) is 3.10. The molecule has 0 radical (unpaired) electrons. The molecule has 0 N–H and O–H groups in total. The molecular formula is C43H86NO8P. The molecule has 0 aliphatic heterocycles. The Bertz CT molecular complexity index is 881. The van der Waals surface area contributed by atoms with E-state index in [-0.39, 0.29) is 32.0 Å². The first-order valence-electron chi connectivity index (χ1n) is 22.2. The summed E-state index contributed by atoms with van der Waals surface area (Å²) in [5, 5.41) is 0. The first-order chi connectivity index (χ1) is 25.5. The molecule has 9 nitrogen and oxygen atoms in total. The summed E-state index contributed by atoms with van der Waals surface area (Å²) in [6.45, 7) is 4.22. The topological polar surface area (TPSA) is 111 Å². The number of unbranched alkanes of at least 4 members (excludes halogenated alkanes) is 27. The van der Waals surface area contributed by atoms with Gasteiger partial charge in [-0.2, -0.15) is 0 Å². The third-order valence-electron chi connectivity index (χ3n) is 9.88. The fraction of sp³-hybridized carbons (Fsp3) is 0.953. The molecule has 2 unspecified atom stereocenters. The number of esters is 2. The number of hydrogen-bond acceptors (Lipinski definition) is 8. The van der Waals surface area contributed by atoms with E-state index in [1.54, 1.807) is 0 Å². The Labute approximate surface area is 327 Å². The highest BCUT2D eigenvalue weighted by atomic mass is 31.2. The summed E-state index contributed by atoms with van der Waals surface area (Å²) in [4.78, 5) is 37.3. The predicted octanol–water partition coefficient (Wildman–Crippen LogP) is 11.8. The van der Waals surface area contributed by atoms with E-state index in [1.165, 1.54) is 141 Å². The van der Waals surface area contributed by atoms with Crippen molar-refractivity contribution < 1.29 is 42.1 Å². The fourth-order valence-corrected chi connectivity index (χ4v) is 7.09. The van der Waals surface area contributed by atoms with Crippen LogP contribution in [0, 0.1) is 0 Å². The van der Waals surface area contributed by atoms with Crippen molar-refractivity contribution in [1.29, 1.82) is 0 Å². The molecule has 0 amide bonds. The number of phosphoric acid groups is 1. The molecular weight excluding hydrogens is 689 g/mol. The molecule has 0 saturated heterocycles. The molecule has 0 aromatic carbocycles. The lowest BCUT2D eigenvalue weighted by atomic mass is 10.0. The second kappa shape index (κ2) is 36.6. The van der Waals surface area contributed by atoms with E-state index in [1.807, 2.05) is 21.1 Å². The van der Waals surface area contributed by atoms with Crippen LogP contribution in [-0.2, 0) is 32.7 Å². The summed E-state index contributed by atoms with van der Waals surface area (Å²) in [6.07, 6.45) is 35.8. The largest absolute Gasteiger partial charge is 0.756 e. The van der Waals surface area contributed by atoms with Crippen LogP contribution in [0.4, 0.5) is 0 Å². The van der Waals surface area contributed by atoms with Gasteiger partial charge in [0.05, 0.1) is 27.7 Å². The lowest BCUT2D eigenvalue weighted by Gasteiger charge is -2.28. The Balaban J connectivity index is 4.12. The van der Waals surface area contributed by atoms with E-state index in [0.717, 1.165) is 38.5 Å². The molecule has 53 heavy (non-hydrogen) atoms. The molecule has 316 valence electrons. The van der Waals surface area contributed by atoms with E-state index in [9.17, 15) is 19.0 Å². The number of ether oxygens (including phenoxy) is 2. The smallest absolute Gasteiger partial charge is 0.306 e. The number of nitrogens with zero attached hydrogens (tertiary/aromatic N) is 1. The van der Waals surface area contributed by atoms with Crippen molar-refractivity contribution >= 4 is 19.8 Å². The molecule has 0 aromatic heterocycles. The Morgan fingerprint density at radius 3 is 1.21 bits per heavy atom. The van der Waals surface area contributed by atoms with Crippen molar-refractivity contribution in [2.24, 2.45) is 0 Å². The van der Waals surface area contributed by atoms with Crippen LogP contribution in [-0.4, -0.2) is 70.0 Å². The molecule has 0 rings (SSSR count). The number of carbonyl (C=O) groups excluding carboxylic acids is 2. The number of likely N-dealkylation sites (N-methyl/N-ethyl adjacent to an activating group) is 1. The number of carbonyl (C=O) groups is 2.